The summed E-state index contributed by atoms with van der Waals surface area (Å²) in [5.41, 5.74) is 0.367. The highest BCUT2D eigenvalue weighted by molar-refractivity contribution is 4.93. The van der Waals surface area contributed by atoms with Gasteiger partial charge in [-0.1, -0.05) is 40.5 Å². The summed E-state index contributed by atoms with van der Waals surface area (Å²) >= 11 is 0. The first kappa shape index (κ1) is 13.4. The third-order valence-corrected chi connectivity index (χ3v) is 5.87. The molecule has 0 aromatic rings. The van der Waals surface area contributed by atoms with E-state index in [1.165, 1.54) is 38.5 Å². The maximum atomic E-state index is 10.7. The van der Waals surface area contributed by atoms with E-state index < -0.39 is 0 Å². The van der Waals surface area contributed by atoms with Crippen LogP contribution < -0.4 is 0 Å². The highest BCUT2D eigenvalue weighted by atomic mass is 16.3. The zero-order valence-electron chi connectivity index (χ0n) is 12.1. The van der Waals surface area contributed by atoms with Crippen LogP contribution in [0.2, 0.25) is 0 Å². The van der Waals surface area contributed by atoms with Crippen LogP contribution in [0.3, 0.4) is 0 Å². The molecule has 1 N–H and O–H groups in total. The normalized spacial score (nSPS) is 43.6. The minimum atomic E-state index is -0.0394. The van der Waals surface area contributed by atoms with Crippen molar-refractivity contribution in [2.24, 2.45) is 29.1 Å². The zero-order valence-corrected chi connectivity index (χ0v) is 12.1. The van der Waals surface area contributed by atoms with E-state index in [4.69, 9.17) is 0 Å². The molecule has 1 heteroatoms. The molecule has 1 nitrogen and oxygen atoms in total. The van der Waals surface area contributed by atoms with Gasteiger partial charge >= 0.3 is 0 Å². The van der Waals surface area contributed by atoms with Gasteiger partial charge in [0.25, 0.3) is 0 Å². The number of hydrogen-bond acceptors (Lipinski definition) is 1. The summed E-state index contributed by atoms with van der Waals surface area (Å²) in [6.45, 7) is 9.43. The van der Waals surface area contributed by atoms with Crippen LogP contribution in [-0.4, -0.2) is 11.2 Å². The molecule has 2 aliphatic rings. The van der Waals surface area contributed by atoms with Gasteiger partial charge in [0.1, 0.15) is 0 Å². The average molecular weight is 238 g/mol. The molecule has 0 aliphatic heterocycles. The molecule has 0 radical (unpaired) electrons. The fourth-order valence-electron chi connectivity index (χ4n) is 4.21. The van der Waals surface area contributed by atoms with Crippen molar-refractivity contribution in [2.45, 2.75) is 72.3 Å². The summed E-state index contributed by atoms with van der Waals surface area (Å²) in [4.78, 5) is 0. The zero-order chi connectivity index (χ0) is 12.6. The molecule has 5 atom stereocenters. The van der Waals surface area contributed by atoms with E-state index in [2.05, 4.69) is 27.7 Å². The quantitative estimate of drug-likeness (QED) is 0.762. The fraction of sp³-hybridized carbons (Fsp3) is 1.00. The molecule has 0 aromatic heterocycles. The monoisotopic (exact) mass is 238 g/mol. The van der Waals surface area contributed by atoms with Crippen molar-refractivity contribution >= 4 is 0 Å². The van der Waals surface area contributed by atoms with Crippen LogP contribution in [-0.2, 0) is 0 Å². The Bertz CT molecular complexity index is 258. The Morgan fingerprint density at radius 3 is 2.29 bits per heavy atom. The Morgan fingerprint density at radius 2 is 1.76 bits per heavy atom. The van der Waals surface area contributed by atoms with Crippen molar-refractivity contribution in [1.82, 2.24) is 0 Å². The lowest BCUT2D eigenvalue weighted by atomic mass is 9.68. The summed E-state index contributed by atoms with van der Waals surface area (Å²) < 4.78 is 0. The van der Waals surface area contributed by atoms with Crippen molar-refractivity contribution < 1.29 is 5.11 Å². The summed E-state index contributed by atoms with van der Waals surface area (Å²) in [7, 11) is 0. The highest BCUT2D eigenvalue weighted by Crippen LogP contribution is 2.48. The molecule has 2 saturated carbocycles. The van der Waals surface area contributed by atoms with E-state index in [-0.39, 0.29) is 6.10 Å². The van der Waals surface area contributed by atoms with E-state index in [9.17, 15) is 5.11 Å². The minimum absolute atomic E-state index is 0.0394. The summed E-state index contributed by atoms with van der Waals surface area (Å²) in [6, 6.07) is 0. The van der Waals surface area contributed by atoms with Crippen LogP contribution in [0.25, 0.3) is 0 Å². The first-order valence-electron chi connectivity index (χ1n) is 7.60. The van der Waals surface area contributed by atoms with Gasteiger partial charge in [0, 0.05) is 0 Å². The van der Waals surface area contributed by atoms with Gasteiger partial charge in [-0.15, -0.1) is 0 Å². The second-order valence-electron chi connectivity index (χ2n) is 7.51. The topological polar surface area (TPSA) is 20.2 Å². The molecule has 2 rings (SSSR count). The summed E-state index contributed by atoms with van der Waals surface area (Å²) in [6.07, 6.45) is 7.63. The van der Waals surface area contributed by atoms with Crippen molar-refractivity contribution in [3.63, 3.8) is 0 Å². The molecule has 0 aromatic carbocycles. The van der Waals surface area contributed by atoms with E-state index in [1.807, 2.05) is 0 Å². The number of aliphatic hydroxyl groups is 1. The Morgan fingerprint density at radius 1 is 1.06 bits per heavy atom. The lowest BCUT2D eigenvalue weighted by Crippen LogP contribution is -2.38. The van der Waals surface area contributed by atoms with E-state index >= 15 is 0 Å². The first-order valence-corrected chi connectivity index (χ1v) is 7.60. The van der Waals surface area contributed by atoms with Crippen LogP contribution in [0.5, 0.6) is 0 Å². The number of hydrogen-bond donors (Lipinski definition) is 1. The fourth-order valence-corrected chi connectivity index (χ4v) is 4.21. The Hall–Kier alpha value is -0.0400. The summed E-state index contributed by atoms with van der Waals surface area (Å²) in [5.74, 6) is 2.78. The van der Waals surface area contributed by atoms with Crippen LogP contribution in [0.4, 0.5) is 0 Å². The molecule has 2 aliphatic carbocycles. The lowest BCUT2D eigenvalue weighted by Gasteiger charge is -2.40. The van der Waals surface area contributed by atoms with Gasteiger partial charge in [0.05, 0.1) is 6.10 Å². The second kappa shape index (κ2) is 4.91. The predicted molar refractivity (Wildman–Crippen MR) is 72.8 cm³/mol. The Kier molecular flexibility index (Phi) is 3.87. The molecule has 0 heterocycles. The van der Waals surface area contributed by atoms with Gasteiger partial charge in [-0.25, -0.2) is 0 Å². The van der Waals surface area contributed by atoms with Crippen LogP contribution in [0.1, 0.15) is 66.2 Å². The number of aliphatic hydroxyl groups excluding tert-OH is 1. The van der Waals surface area contributed by atoms with E-state index in [0.29, 0.717) is 17.3 Å². The first-order chi connectivity index (χ1) is 7.92. The predicted octanol–water partition coefficient (Wildman–Crippen LogP) is 4.25. The summed E-state index contributed by atoms with van der Waals surface area (Å²) in [5, 5.41) is 10.7. The largest absolute Gasteiger partial charge is 0.393 e. The Labute approximate surface area is 107 Å². The van der Waals surface area contributed by atoms with Crippen LogP contribution in [0.15, 0.2) is 0 Å². The molecule has 17 heavy (non-hydrogen) atoms. The van der Waals surface area contributed by atoms with Gasteiger partial charge < -0.3 is 5.11 Å². The molecule has 0 spiro atoms. The van der Waals surface area contributed by atoms with Gasteiger partial charge in [-0.2, -0.15) is 0 Å². The van der Waals surface area contributed by atoms with Gasteiger partial charge in [-0.3, -0.25) is 0 Å². The smallest absolute Gasteiger partial charge is 0.0601 e. The van der Waals surface area contributed by atoms with Gasteiger partial charge in [-0.05, 0) is 54.8 Å². The molecule has 0 amide bonds. The highest BCUT2D eigenvalue weighted by Gasteiger charge is 2.42. The third kappa shape index (κ3) is 2.70. The standard InChI is InChI=1S/C16H30O/c1-11-7-8-13(10-12(11)2)15(17)14-6-5-9-16(14,3)4/h11-15,17H,5-10H2,1-4H3. The molecular formula is C16H30O. The average Bonchev–Trinajstić information content (AvgIpc) is 2.61. The maximum Gasteiger partial charge on any atom is 0.0601 e. The van der Waals surface area contributed by atoms with Crippen molar-refractivity contribution in [2.75, 3.05) is 0 Å². The van der Waals surface area contributed by atoms with Crippen molar-refractivity contribution in [3.8, 4) is 0 Å². The van der Waals surface area contributed by atoms with Gasteiger partial charge in [0.2, 0.25) is 0 Å². The molecule has 2 fully saturated rings. The molecule has 0 saturated heterocycles. The van der Waals surface area contributed by atoms with E-state index in [0.717, 1.165) is 11.8 Å². The molecule has 0 bridgehead atoms. The minimum Gasteiger partial charge on any atom is -0.393 e. The SMILES string of the molecule is CC1CCC(C(O)C2CCCC2(C)C)CC1C. The lowest BCUT2D eigenvalue weighted by molar-refractivity contribution is -0.0170. The maximum absolute atomic E-state index is 10.7. The molecular weight excluding hydrogens is 208 g/mol. The third-order valence-electron chi connectivity index (χ3n) is 5.87. The van der Waals surface area contributed by atoms with Crippen molar-refractivity contribution in [1.29, 1.82) is 0 Å². The second-order valence-corrected chi connectivity index (χ2v) is 7.51. The van der Waals surface area contributed by atoms with Crippen molar-refractivity contribution in [3.05, 3.63) is 0 Å². The van der Waals surface area contributed by atoms with Crippen LogP contribution in [0, 0.1) is 29.1 Å². The van der Waals surface area contributed by atoms with Gasteiger partial charge in [0.15, 0.2) is 0 Å². The Balaban J connectivity index is 1.98. The molecule has 100 valence electrons. The number of rotatable bonds is 2. The molecule has 5 unspecified atom stereocenters. The van der Waals surface area contributed by atoms with Crippen LogP contribution >= 0.6 is 0 Å². The van der Waals surface area contributed by atoms with E-state index in [1.54, 1.807) is 0 Å².